The van der Waals surface area contributed by atoms with Gasteiger partial charge in [0.15, 0.2) is 0 Å². The van der Waals surface area contributed by atoms with Crippen LogP contribution in [0.5, 0.6) is 0 Å². The number of hydrogen-bond acceptors (Lipinski definition) is 2. The molecule has 0 aliphatic heterocycles. The Kier molecular flexibility index (Phi) is 4.14. The first kappa shape index (κ1) is 12.5. The lowest BCUT2D eigenvalue weighted by Crippen LogP contribution is -2.47. The lowest BCUT2D eigenvalue weighted by molar-refractivity contribution is -0.127. The first-order valence-electron chi connectivity index (χ1n) is 5.89. The van der Waals surface area contributed by atoms with Gasteiger partial charge in [0, 0.05) is 18.1 Å². The molecule has 3 heteroatoms. The van der Waals surface area contributed by atoms with Crippen molar-refractivity contribution in [2.24, 2.45) is 11.8 Å². The van der Waals surface area contributed by atoms with Gasteiger partial charge in [0.2, 0.25) is 5.91 Å². The maximum absolute atomic E-state index is 12.0. The Morgan fingerprint density at radius 2 is 2.13 bits per heavy atom. The zero-order valence-corrected chi connectivity index (χ0v) is 10.0. The van der Waals surface area contributed by atoms with E-state index in [-0.39, 0.29) is 24.0 Å². The molecule has 88 valence electrons. The molecule has 0 aromatic rings. The second kappa shape index (κ2) is 4.97. The third kappa shape index (κ3) is 3.49. The summed E-state index contributed by atoms with van der Waals surface area (Å²) in [4.78, 5) is 12.0. The van der Waals surface area contributed by atoms with Gasteiger partial charge in [0.25, 0.3) is 0 Å². The summed E-state index contributed by atoms with van der Waals surface area (Å²) in [7, 11) is 0. The highest BCUT2D eigenvalue weighted by molar-refractivity contribution is 5.79. The fourth-order valence-electron chi connectivity index (χ4n) is 2.30. The number of amides is 1. The number of aliphatic hydroxyl groups excluding tert-OH is 1. The molecule has 1 rings (SSSR count). The first-order valence-corrected chi connectivity index (χ1v) is 5.89. The molecule has 0 bridgehead atoms. The molecule has 1 aliphatic carbocycles. The maximum atomic E-state index is 12.0. The fraction of sp³-hybridized carbons (Fsp3) is 0.917. The lowest BCUT2D eigenvalue weighted by atomic mass is 9.94. The first-order chi connectivity index (χ1) is 6.96. The summed E-state index contributed by atoms with van der Waals surface area (Å²) in [6, 6.07) is 0. The molecule has 1 aliphatic rings. The van der Waals surface area contributed by atoms with Crippen molar-refractivity contribution in [2.75, 3.05) is 6.61 Å². The topological polar surface area (TPSA) is 49.3 Å². The number of hydrogen-bond donors (Lipinski definition) is 2. The Bertz CT molecular complexity index is 226. The molecule has 0 heterocycles. The quantitative estimate of drug-likeness (QED) is 0.746. The molecule has 2 N–H and O–H groups in total. The monoisotopic (exact) mass is 213 g/mol. The smallest absolute Gasteiger partial charge is 0.223 e. The van der Waals surface area contributed by atoms with E-state index in [1.165, 1.54) is 12.8 Å². The van der Waals surface area contributed by atoms with E-state index in [1.54, 1.807) is 0 Å². The summed E-state index contributed by atoms with van der Waals surface area (Å²) in [5, 5.41) is 11.9. The van der Waals surface area contributed by atoms with Crippen LogP contribution in [0, 0.1) is 11.8 Å². The molecule has 0 aromatic carbocycles. The van der Waals surface area contributed by atoms with E-state index in [2.05, 4.69) is 12.2 Å². The Labute approximate surface area is 92.3 Å². The van der Waals surface area contributed by atoms with E-state index >= 15 is 0 Å². The van der Waals surface area contributed by atoms with Crippen LogP contribution in [0.1, 0.15) is 46.5 Å². The van der Waals surface area contributed by atoms with Crippen LogP contribution in [-0.4, -0.2) is 23.2 Å². The number of nitrogens with one attached hydrogen (secondary N) is 1. The molecule has 0 spiro atoms. The molecule has 0 aromatic heterocycles. The third-order valence-corrected chi connectivity index (χ3v) is 3.40. The summed E-state index contributed by atoms with van der Waals surface area (Å²) in [5.74, 6) is 0.858. The number of aliphatic hydroxyl groups is 1. The van der Waals surface area contributed by atoms with Crippen molar-refractivity contribution < 1.29 is 9.90 Å². The number of rotatable bonds is 4. The molecule has 2 atom stereocenters. The number of carbonyl (C=O) groups excluding carboxylic acids is 1. The highest BCUT2D eigenvalue weighted by Crippen LogP contribution is 2.31. The molecule has 1 saturated carbocycles. The zero-order chi connectivity index (χ0) is 11.5. The van der Waals surface area contributed by atoms with Gasteiger partial charge in [-0.05, 0) is 39.0 Å². The van der Waals surface area contributed by atoms with Crippen LogP contribution in [0.4, 0.5) is 0 Å². The van der Waals surface area contributed by atoms with Crippen molar-refractivity contribution in [1.29, 1.82) is 0 Å². The van der Waals surface area contributed by atoms with Gasteiger partial charge in [0.05, 0.1) is 0 Å². The van der Waals surface area contributed by atoms with Gasteiger partial charge >= 0.3 is 0 Å². The van der Waals surface area contributed by atoms with Crippen LogP contribution < -0.4 is 5.32 Å². The minimum Gasteiger partial charge on any atom is -0.396 e. The van der Waals surface area contributed by atoms with E-state index in [1.807, 2.05) is 13.8 Å². The fourth-order valence-corrected chi connectivity index (χ4v) is 2.30. The molecule has 0 radical (unpaired) electrons. The van der Waals surface area contributed by atoms with Gasteiger partial charge in [-0.2, -0.15) is 0 Å². The zero-order valence-electron chi connectivity index (χ0n) is 10.0. The number of carbonyl (C=O) groups is 1. The van der Waals surface area contributed by atoms with Crippen LogP contribution in [0.2, 0.25) is 0 Å². The van der Waals surface area contributed by atoms with E-state index in [9.17, 15) is 4.79 Å². The third-order valence-electron chi connectivity index (χ3n) is 3.40. The molecular formula is C12H23NO2. The predicted molar refractivity (Wildman–Crippen MR) is 60.4 cm³/mol. The Morgan fingerprint density at radius 3 is 2.60 bits per heavy atom. The Morgan fingerprint density at radius 1 is 1.47 bits per heavy atom. The Balaban J connectivity index is 2.47. The van der Waals surface area contributed by atoms with Crippen molar-refractivity contribution in [1.82, 2.24) is 5.32 Å². The van der Waals surface area contributed by atoms with Crippen LogP contribution in [0.15, 0.2) is 0 Å². The van der Waals surface area contributed by atoms with Crippen molar-refractivity contribution in [2.45, 2.75) is 52.0 Å². The minimum atomic E-state index is -0.284. The molecule has 1 amide bonds. The second-order valence-corrected chi connectivity index (χ2v) is 5.36. The van der Waals surface area contributed by atoms with Crippen molar-refractivity contribution >= 4 is 5.91 Å². The van der Waals surface area contributed by atoms with Crippen molar-refractivity contribution in [3.8, 4) is 0 Å². The minimum absolute atomic E-state index is 0.119. The van der Waals surface area contributed by atoms with Crippen LogP contribution in [-0.2, 0) is 4.79 Å². The van der Waals surface area contributed by atoms with Gasteiger partial charge in [-0.1, -0.05) is 13.3 Å². The largest absolute Gasteiger partial charge is 0.396 e. The average molecular weight is 213 g/mol. The van der Waals surface area contributed by atoms with Gasteiger partial charge in [0.1, 0.15) is 0 Å². The van der Waals surface area contributed by atoms with Crippen LogP contribution in [0.3, 0.4) is 0 Å². The van der Waals surface area contributed by atoms with Gasteiger partial charge in [-0.15, -0.1) is 0 Å². The molecule has 0 saturated heterocycles. The summed E-state index contributed by atoms with van der Waals surface area (Å²) in [6.45, 7) is 6.19. The van der Waals surface area contributed by atoms with Crippen LogP contribution >= 0.6 is 0 Å². The summed E-state index contributed by atoms with van der Waals surface area (Å²) in [6.07, 6.45) is 3.96. The highest BCUT2D eigenvalue weighted by atomic mass is 16.3. The molecule has 1 fully saturated rings. The molecule has 15 heavy (non-hydrogen) atoms. The van der Waals surface area contributed by atoms with E-state index in [0.717, 1.165) is 6.42 Å². The summed E-state index contributed by atoms with van der Waals surface area (Å²) >= 11 is 0. The Hall–Kier alpha value is -0.570. The van der Waals surface area contributed by atoms with E-state index in [4.69, 9.17) is 5.11 Å². The van der Waals surface area contributed by atoms with Gasteiger partial charge in [-0.25, -0.2) is 0 Å². The normalized spacial score (nSPS) is 26.7. The highest BCUT2D eigenvalue weighted by Gasteiger charge is 2.32. The SMILES string of the molecule is CC1CCCC1C(=O)NC(C)(C)CCO. The van der Waals surface area contributed by atoms with E-state index in [0.29, 0.717) is 12.3 Å². The average Bonchev–Trinajstić information content (AvgIpc) is 2.50. The molecule has 2 unspecified atom stereocenters. The van der Waals surface area contributed by atoms with Gasteiger partial charge < -0.3 is 10.4 Å². The maximum Gasteiger partial charge on any atom is 0.223 e. The summed E-state index contributed by atoms with van der Waals surface area (Å²) < 4.78 is 0. The van der Waals surface area contributed by atoms with Crippen molar-refractivity contribution in [3.05, 3.63) is 0 Å². The molecule has 3 nitrogen and oxygen atoms in total. The molecular weight excluding hydrogens is 190 g/mol. The van der Waals surface area contributed by atoms with E-state index < -0.39 is 0 Å². The lowest BCUT2D eigenvalue weighted by Gasteiger charge is -2.28. The van der Waals surface area contributed by atoms with Crippen LogP contribution in [0.25, 0.3) is 0 Å². The predicted octanol–water partition coefficient (Wildman–Crippen LogP) is 1.70. The second-order valence-electron chi connectivity index (χ2n) is 5.36. The summed E-state index contributed by atoms with van der Waals surface area (Å²) in [5.41, 5.74) is -0.284. The van der Waals surface area contributed by atoms with Crippen molar-refractivity contribution in [3.63, 3.8) is 0 Å². The standard InChI is InChI=1S/C12H23NO2/c1-9-5-4-6-10(9)11(15)13-12(2,3)7-8-14/h9-10,14H,4-8H2,1-3H3,(H,13,15). The van der Waals surface area contributed by atoms with Gasteiger partial charge in [-0.3, -0.25) is 4.79 Å².